The molecule has 3 aliphatic rings. The van der Waals surface area contributed by atoms with Crippen molar-refractivity contribution in [3.05, 3.63) is 247 Å². The van der Waals surface area contributed by atoms with Gasteiger partial charge in [0.05, 0.1) is 0 Å². The Morgan fingerprint density at radius 2 is 0.389 bits per heavy atom. The number of benzene rings is 6. The van der Waals surface area contributed by atoms with Gasteiger partial charge in [0.25, 0.3) is 0 Å². The Bertz CT molecular complexity index is 3440. The highest BCUT2D eigenvalue weighted by Crippen LogP contribution is 2.50. The van der Waals surface area contributed by atoms with E-state index in [0.717, 1.165) is 0 Å². The summed E-state index contributed by atoms with van der Waals surface area (Å²) in [7, 11) is 0. The molecule has 0 unspecified atom stereocenters. The normalized spacial score (nSPS) is 15.3. The molecule has 3 aliphatic carbocycles. The fraction of sp³-hybridized carbons (Fsp3) is 0.516. The molecule has 6 aromatic rings. The molecule has 0 fully saturated rings. The first kappa shape index (κ1) is 79.7. The van der Waals surface area contributed by atoms with Gasteiger partial charge in [0.1, 0.15) is 0 Å². The molecule has 0 bridgehead atoms. The summed E-state index contributed by atoms with van der Waals surface area (Å²) in [6.45, 7) is 82.2. The van der Waals surface area contributed by atoms with Crippen molar-refractivity contribution in [3.8, 4) is 11.1 Å². The standard InChI is InChI=1S/C25H34.C20H26.C18H24.C18H30.C14H22/c1-23(2,3)19-10-16-12-20(24(4,5)6)14-18-15-21(25(7,8)9)13-17(11-19)22(16)18;1-19(2,3)17-11-7-15(8-12-17)16-9-13-18(14-10-16)20(4,5)6;1-17(2,3)15-11-12-16(18(4,5)6)14-10-8-7-9-13(14)15;1-16(2,3)13-10-14(17(4,5)6)12-15(11-13)18(7,8)9;1-13(2,3)11-7-9-12(10-8-11)14(4,5)6/h10-15,22H,1-9H3;7-14H,1-6H3;7-12H,1-6H3;10-12H,1-9H3;7-10H,1-6H3. The SMILES string of the molecule is CC(C)(C)C1=CC2=CC(C(C)(C)C)=CC3=CC(C(C)(C)C)=CC(=C1)C23.CC(C)(C)c1cc(C(C)(C)C)cc(C(C)(C)C)c1.CC(C)(C)c1ccc(-c2ccc(C(C)(C)C)cc2)cc1.CC(C)(C)c1ccc(C(C)(C)C)c2ccccc12.CC(C)(C)c1ccc(C(C)(C)C)cc1. The molecule has 0 amide bonds. The summed E-state index contributed by atoms with van der Waals surface area (Å²) >= 11 is 0. The molecule has 0 radical (unpaired) electrons. The van der Waals surface area contributed by atoms with Crippen LogP contribution in [0.2, 0.25) is 0 Å². The van der Waals surface area contributed by atoms with Crippen molar-refractivity contribution < 1.29 is 0 Å². The van der Waals surface area contributed by atoms with Gasteiger partial charge in [0.2, 0.25) is 0 Å². The van der Waals surface area contributed by atoms with E-state index in [0.29, 0.717) is 5.92 Å². The number of allylic oxidation sites excluding steroid dienone is 12. The van der Waals surface area contributed by atoms with Crippen LogP contribution in [-0.2, 0) is 48.7 Å². The molecular formula is C95H136. The molecule has 0 nitrogen and oxygen atoms in total. The highest BCUT2D eigenvalue weighted by molar-refractivity contribution is 5.90. The van der Waals surface area contributed by atoms with E-state index in [9.17, 15) is 0 Å². The van der Waals surface area contributed by atoms with Crippen molar-refractivity contribution in [2.24, 2.45) is 22.2 Å². The van der Waals surface area contributed by atoms with Crippen LogP contribution in [0.1, 0.15) is 299 Å². The third kappa shape index (κ3) is 22.0. The molecule has 0 spiro atoms. The highest BCUT2D eigenvalue weighted by Gasteiger charge is 2.36. The van der Waals surface area contributed by atoms with Crippen LogP contribution in [0.3, 0.4) is 0 Å². The summed E-state index contributed by atoms with van der Waals surface area (Å²) in [5.74, 6) is 0.420. The van der Waals surface area contributed by atoms with Crippen molar-refractivity contribution in [1.82, 2.24) is 0 Å². The van der Waals surface area contributed by atoms with E-state index in [1.807, 2.05) is 0 Å². The van der Waals surface area contributed by atoms with Crippen molar-refractivity contribution in [3.63, 3.8) is 0 Å². The predicted octanol–water partition coefficient (Wildman–Crippen LogP) is 28.6. The van der Waals surface area contributed by atoms with Crippen molar-refractivity contribution in [2.75, 3.05) is 0 Å². The van der Waals surface area contributed by atoms with Crippen LogP contribution in [0.15, 0.2) is 197 Å². The van der Waals surface area contributed by atoms with Gasteiger partial charge in [-0.25, -0.2) is 0 Å². The smallest absolute Gasteiger partial charge is 0.0340 e. The van der Waals surface area contributed by atoms with Crippen LogP contribution < -0.4 is 0 Å². The monoisotopic (exact) mass is 1280 g/mol. The first-order chi connectivity index (χ1) is 42.7. The Balaban J connectivity index is 0.000000218. The lowest BCUT2D eigenvalue weighted by atomic mass is 9.65. The Labute approximate surface area is 585 Å². The predicted molar refractivity (Wildman–Crippen MR) is 427 cm³/mol. The van der Waals surface area contributed by atoms with Crippen molar-refractivity contribution in [1.29, 1.82) is 0 Å². The van der Waals surface area contributed by atoms with Crippen LogP contribution >= 0.6 is 0 Å². The summed E-state index contributed by atoms with van der Waals surface area (Å²) in [5.41, 5.74) is 26.5. The molecule has 9 rings (SSSR count). The fourth-order valence-electron chi connectivity index (χ4n) is 12.0. The first-order valence-electron chi connectivity index (χ1n) is 36.0. The second-order valence-corrected chi connectivity index (χ2v) is 40.4. The lowest BCUT2D eigenvalue weighted by molar-refractivity contribution is 0.501. The average Bonchev–Trinajstić information content (AvgIpc) is 0.742. The quantitative estimate of drug-likeness (QED) is 0.154. The van der Waals surface area contributed by atoms with Gasteiger partial charge in [-0.15, -0.1) is 0 Å². The minimum absolute atomic E-state index is 0.166. The zero-order valence-corrected chi connectivity index (χ0v) is 67.7. The average molecular weight is 1280 g/mol. The third-order valence-corrected chi connectivity index (χ3v) is 19.1. The van der Waals surface area contributed by atoms with Gasteiger partial charge in [-0.1, -0.05) is 413 Å². The van der Waals surface area contributed by atoms with Gasteiger partial charge in [-0.05, 0) is 170 Å². The van der Waals surface area contributed by atoms with Crippen molar-refractivity contribution in [2.45, 2.75) is 298 Å². The molecular weight excluding hydrogens is 1140 g/mol. The molecule has 0 aliphatic heterocycles. The maximum absolute atomic E-state index is 2.44. The van der Waals surface area contributed by atoms with Gasteiger partial charge < -0.3 is 0 Å². The van der Waals surface area contributed by atoms with Crippen LogP contribution in [0, 0.1) is 22.2 Å². The number of hydrogen-bond acceptors (Lipinski definition) is 0. The number of rotatable bonds is 1. The molecule has 0 atom stereocenters. The molecule has 0 heteroatoms. The second-order valence-electron chi connectivity index (χ2n) is 40.4. The van der Waals surface area contributed by atoms with E-state index in [4.69, 9.17) is 0 Å². The Morgan fingerprint density at radius 1 is 0.189 bits per heavy atom. The number of fused-ring (bicyclic) bond motifs is 1. The van der Waals surface area contributed by atoms with Crippen LogP contribution in [0.5, 0.6) is 0 Å². The van der Waals surface area contributed by atoms with Gasteiger partial charge in [0.15, 0.2) is 0 Å². The lowest BCUT2D eigenvalue weighted by Crippen LogP contribution is -2.25. The second kappa shape index (κ2) is 28.5. The number of hydrogen-bond donors (Lipinski definition) is 0. The van der Waals surface area contributed by atoms with Crippen LogP contribution in [-0.4, -0.2) is 0 Å². The summed E-state index contributed by atoms with van der Waals surface area (Å²) in [6.07, 6.45) is 14.6. The largest absolute Gasteiger partial charge is 0.0616 e. The van der Waals surface area contributed by atoms with Gasteiger partial charge in [-0.3, -0.25) is 0 Å². The van der Waals surface area contributed by atoms with E-state index >= 15 is 0 Å². The molecule has 0 aromatic heterocycles. The molecule has 0 heterocycles. The minimum Gasteiger partial charge on any atom is -0.0616 e. The summed E-state index contributed by atoms with van der Waals surface area (Å²) in [4.78, 5) is 0. The van der Waals surface area contributed by atoms with E-state index in [1.54, 1.807) is 0 Å². The molecule has 516 valence electrons. The van der Waals surface area contributed by atoms with Gasteiger partial charge in [0, 0.05) is 5.92 Å². The van der Waals surface area contributed by atoms with Gasteiger partial charge >= 0.3 is 0 Å². The summed E-state index contributed by atoms with van der Waals surface area (Å²) in [6, 6.07) is 47.5. The van der Waals surface area contributed by atoms with Crippen molar-refractivity contribution >= 4 is 10.8 Å². The first-order valence-corrected chi connectivity index (χ1v) is 36.0. The zero-order chi connectivity index (χ0) is 72.6. The van der Waals surface area contributed by atoms with E-state index < -0.39 is 0 Å². The van der Waals surface area contributed by atoms with E-state index in [2.05, 4.69) is 413 Å². The maximum Gasteiger partial charge on any atom is 0.0340 e. The lowest BCUT2D eigenvalue weighted by Gasteiger charge is -2.39. The van der Waals surface area contributed by atoms with E-state index in [-0.39, 0.29) is 65.0 Å². The fourth-order valence-corrected chi connectivity index (χ4v) is 12.0. The maximum atomic E-state index is 2.44. The Morgan fingerprint density at radius 3 is 0.568 bits per heavy atom. The molecule has 6 aromatic carbocycles. The molecule has 0 N–H and O–H groups in total. The minimum atomic E-state index is 0.166. The molecule has 95 heavy (non-hydrogen) atoms. The van der Waals surface area contributed by atoms with Gasteiger partial charge in [-0.2, -0.15) is 0 Å². The summed E-state index contributed by atoms with van der Waals surface area (Å²) in [5, 5.41) is 2.80. The highest BCUT2D eigenvalue weighted by atomic mass is 14.4. The van der Waals surface area contributed by atoms with E-state index in [1.165, 1.54) is 105 Å². The third-order valence-electron chi connectivity index (χ3n) is 19.1. The Kier molecular flexibility index (Phi) is 23.9. The van der Waals surface area contributed by atoms with Crippen LogP contribution in [0.4, 0.5) is 0 Å². The zero-order valence-electron chi connectivity index (χ0n) is 67.7. The Hall–Kier alpha value is -5.98. The van der Waals surface area contributed by atoms with Crippen LogP contribution in [0.25, 0.3) is 21.9 Å². The summed E-state index contributed by atoms with van der Waals surface area (Å²) < 4.78 is 0. The molecule has 0 saturated carbocycles. The topological polar surface area (TPSA) is 0 Å². The molecule has 0 saturated heterocycles.